The molecule has 0 saturated carbocycles. The number of methoxy groups -OCH3 is 4. The Labute approximate surface area is 210 Å². The maximum absolute atomic E-state index is 13.9. The van der Waals surface area contributed by atoms with Gasteiger partial charge in [-0.2, -0.15) is 0 Å². The topological polar surface area (TPSA) is 88.0 Å². The van der Waals surface area contributed by atoms with Crippen molar-refractivity contribution in [3.05, 3.63) is 46.6 Å². The number of benzene rings is 2. The lowest BCUT2D eigenvalue weighted by Gasteiger charge is -2.16. The summed E-state index contributed by atoms with van der Waals surface area (Å²) >= 11 is 6.45. The highest BCUT2D eigenvalue weighted by molar-refractivity contribution is 6.33. The molecule has 8 nitrogen and oxygen atoms in total. The maximum atomic E-state index is 13.9. The summed E-state index contributed by atoms with van der Waals surface area (Å²) in [7, 11) is 6.03. The molecule has 0 aliphatic heterocycles. The fraction of sp³-hybridized carbons (Fsp3) is 0.385. The minimum absolute atomic E-state index is 0.0309. The molecular weight excluding hydrogens is 472 g/mol. The number of hydrogen-bond acceptors (Lipinski definition) is 6. The van der Waals surface area contributed by atoms with Crippen molar-refractivity contribution < 1.29 is 28.5 Å². The Morgan fingerprint density at radius 3 is 2.09 bits per heavy atom. The van der Waals surface area contributed by atoms with Crippen molar-refractivity contribution in [2.75, 3.05) is 35.0 Å². The van der Waals surface area contributed by atoms with Crippen LogP contribution in [0.4, 0.5) is 0 Å². The molecule has 0 spiro atoms. The molecular formula is C26H31ClN2O6. The molecule has 0 aliphatic carbocycles. The third kappa shape index (κ3) is 5.17. The second-order valence-electron chi connectivity index (χ2n) is 7.93. The largest absolute Gasteiger partial charge is 0.496 e. The fourth-order valence-corrected chi connectivity index (χ4v) is 4.31. The van der Waals surface area contributed by atoms with Gasteiger partial charge < -0.3 is 24.3 Å². The van der Waals surface area contributed by atoms with Gasteiger partial charge in [0.1, 0.15) is 28.6 Å². The van der Waals surface area contributed by atoms with Crippen molar-refractivity contribution in [2.45, 2.75) is 32.6 Å². The van der Waals surface area contributed by atoms with Crippen LogP contribution in [0.5, 0.6) is 23.0 Å². The normalized spacial score (nSPS) is 11.7. The number of hydrogen-bond donors (Lipinski definition) is 1. The molecule has 1 amide bonds. The molecule has 9 heteroatoms. The highest BCUT2D eigenvalue weighted by atomic mass is 35.5. The van der Waals surface area contributed by atoms with Gasteiger partial charge in [0.25, 0.3) is 5.91 Å². The molecule has 2 aromatic carbocycles. The standard InChI is InChI=1S/C26H31ClN2O6/c1-7-15(13-28-24(30)8-2)18-14-29(20-12-19(27)21(33-4)11-17(18)20)26(31)25-22(34-5)9-16(32-3)10-23(25)35-6/h9-12,14-15H,7-8,13H2,1-6H3,(H,28,30). The number of halogens is 1. The molecule has 1 heterocycles. The number of ether oxygens (including phenoxy) is 4. The van der Waals surface area contributed by atoms with E-state index in [0.29, 0.717) is 46.5 Å². The van der Waals surface area contributed by atoms with Crippen molar-refractivity contribution >= 4 is 34.3 Å². The Bertz CT molecular complexity index is 1210. The molecule has 3 aromatic rings. The van der Waals surface area contributed by atoms with Crippen LogP contribution in [-0.4, -0.2) is 51.4 Å². The Morgan fingerprint density at radius 2 is 1.57 bits per heavy atom. The summed E-state index contributed by atoms with van der Waals surface area (Å²) in [5, 5.41) is 4.15. The van der Waals surface area contributed by atoms with Crippen LogP contribution in [0.3, 0.4) is 0 Å². The summed E-state index contributed by atoms with van der Waals surface area (Å²) in [6.07, 6.45) is 2.94. The van der Waals surface area contributed by atoms with Crippen LogP contribution >= 0.6 is 11.6 Å². The molecule has 0 fully saturated rings. The summed E-state index contributed by atoms with van der Waals surface area (Å²) in [6.45, 7) is 4.29. The predicted octanol–water partition coefficient (Wildman–Crippen LogP) is 5.04. The highest BCUT2D eigenvalue weighted by Gasteiger charge is 2.26. The van der Waals surface area contributed by atoms with Gasteiger partial charge in [0.15, 0.2) is 0 Å². The average molecular weight is 503 g/mol. The SMILES string of the molecule is CCC(=O)NCC(CC)c1cn(C(=O)c2c(OC)cc(OC)cc2OC)c2cc(Cl)c(OC)cc12. The number of fused-ring (bicyclic) bond motifs is 1. The zero-order chi connectivity index (χ0) is 25.7. The van der Waals surface area contributed by atoms with E-state index in [1.807, 2.05) is 19.9 Å². The third-order valence-electron chi connectivity index (χ3n) is 6.06. The molecule has 35 heavy (non-hydrogen) atoms. The zero-order valence-corrected chi connectivity index (χ0v) is 21.6. The van der Waals surface area contributed by atoms with Gasteiger partial charge >= 0.3 is 0 Å². The van der Waals surface area contributed by atoms with E-state index in [-0.39, 0.29) is 23.3 Å². The summed E-state index contributed by atoms with van der Waals surface area (Å²) in [5.74, 6) is 1.21. The van der Waals surface area contributed by atoms with Crippen LogP contribution in [0.15, 0.2) is 30.5 Å². The first-order valence-electron chi connectivity index (χ1n) is 11.3. The number of carbonyl (C=O) groups is 2. The van der Waals surface area contributed by atoms with Gasteiger partial charge in [-0.25, -0.2) is 0 Å². The zero-order valence-electron chi connectivity index (χ0n) is 20.9. The first-order chi connectivity index (χ1) is 16.8. The minimum Gasteiger partial charge on any atom is -0.496 e. The average Bonchev–Trinajstić information content (AvgIpc) is 3.24. The van der Waals surface area contributed by atoms with Gasteiger partial charge in [-0.15, -0.1) is 0 Å². The first-order valence-corrected chi connectivity index (χ1v) is 11.7. The molecule has 3 rings (SSSR count). The number of nitrogens with zero attached hydrogens (tertiary/aromatic N) is 1. The van der Waals surface area contributed by atoms with Gasteiger partial charge in [-0.1, -0.05) is 25.4 Å². The van der Waals surface area contributed by atoms with Crippen molar-refractivity contribution in [1.29, 1.82) is 0 Å². The number of carbonyl (C=O) groups excluding carboxylic acids is 2. The van der Waals surface area contributed by atoms with E-state index in [4.69, 9.17) is 30.5 Å². The van der Waals surface area contributed by atoms with Crippen LogP contribution in [0.1, 0.15) is 48.5 Å². The Kier molecular flexibility index (Phi) is 8.51. The van der Waals surface area contributed by atoms with E-state index in [9.17, 15) is 9.59 Å². The Balaban J connectivity index is 2.24. The van der Waals surface area contributed by atoms with Crippen molar-refractivity contribution in [3.63, 3.8) is 0 Å². The smallest absolute Gasteiger partial charge is 0.269 e. The van der Waals surface area contributed by atoms with Crippen molar-refractivity contribution in [3.8, 4) is 23.0 Å². The molecule has 0 radical (unpaired) electrons. The molecule has 1 aromatic heterocycles. The van der Waals surface area contributed by atoms with Crippen molar-refractivity contribution in [1.82, 2.24) is 9.88 Å². The second kappa shape index (κ2) is 11.4. The molecule has 1 atom stereocenters. The molecule has 0 aliphatic rings. The van der Waals surface area contributed by atoms with Crippen LogP contribution < -0.4 is 24.3 Å². The summed E-state index contributed by atoms with van der Waals surface area (Å²) in [4.78, 5) is 25.9. The maximum Gasteiger partial charge on any atom is 0.269 e. The molecule has 0 bridgehead atoms. The fourth-order valence-electron chi connectivity index (χ4n) is 4.07. The van der Waals surface area contributed by atoms with E-state index in [1.165, 1.54) is 25.9 Å². The van der Waals surface area contributed by atoms with E-state index in [1.54, 1.807) is 31.5 Å². The third-order valence-corrected chi connectivity index (χ3v) is 6.35. The lowest BCUT2D eigenvalue weighted by atomic mass is 9.95. The number of nitrogens with one attached hydrogen (secondary N) is 1. The lowest BCUT2D eigenvalue weighted by molar-refractivity contribution is -0.120. The van der Waals surface area contributed by atoms with E-state index in [0.717, 1.165) is 17.4 Å². The predicted molar refractivity (Wildman–Crippen MR) is 136 cm³/mol. The van der Waals surface area contributed by atoms with E-state index >= 15 is 0 Å². The molecule has 1 unspecified atom stereocenters. The van der Waals surface area contributed by atoms with E-state index < -0.39 is 0 Å². The number of rotatable bonds is 10. The van der Waals surface area contributed by atoms with Gasteiger partial charge in [0, 0.05) is 42.6 Å². The van der Waals surface area contributed by atoms with Crippen LogP contribution in [0, 0.1) is 0 Å². The Morgan fingerprint density at radius 1 is 0.943 bits per heavy atom. The molecule has 1 N–H and O–H groups in total. The summed E-state index contributed by atoms with van der Waals surface area (Å²) in [5.41, 5.74) is 1.75. The monoisotopic (exact) mass is 502 g/mol. The quantitative estimate of drug-likeness (QED) is 0.418. The summed E-state index contributed by atoms with van der Waals surface area (Å²) in [6, 6.07) is 6.79. The highest BCUT2D eigenvalue weighted by Crippen LogP contribution is 2.39. The van der Waals surface area contributed by atoms with Crippen LogP contribution in [0.25, 0.3) is 10.9 Å². The number of amides is 1. The molecule has 0 saturated heterocycles. The van der Waals surface area contributed by atoms with E-state index in [2.05, 4.69) is 5.32 Å². The first kappa shape index (κ1) is 26.2. The van der Waals surface area contributed by atoms with Gasteiger partial charge in [-0.05, 0) is 24.1 Å². The number of aromatic nitrogens is 1. The van der Waals surface area contributed by atoms with Crippen LogP contribution in [-0.2, 0) is 4.79 Å². The summed E-state index contributed by atoms with van der Waals surface area (Å²) < 4.78 is 23.3. The second-order valence-corrected chi connectivity index (χ2v) is 8.34. The lowest BCUT2D eigenvalue weighted by Crippen LogP contribution is -2.27. The van der Waals surface area contributed by atoms with Crippen molar-refractivity contribution in [2.24, 2.45) is 0 Å². The van der Waals surface area contributed by atoms with Gasteiger partial charge in [0.05, 0.1) is 39.0 Å². The minimum atomic E-state index is -0.355. The van der Waals surface area contributed by atoms with Gasteiger partial charge in [0.2, 0.25) is 5.91 Å². The molecule has 188 valence electrons. The van der Waals surface area contributed by atoms with Crippen LogP contribution in [0.2, 0.25) is 5.02 Å². The van der Waals surface area contributed by atoms with Gasteiger partial charge in [-0.3, -0.25) is 14.2 Å². The Hall–Kier alpha value is -3.39.